The summed E-state index contributed by atoms with van der Waals surface area (Å²) < 4.78 is 10.3. The molecule has 0 unspecified atom stereocenters. The number of carbonyl (C=O) groups is 1. The lowest BCUT2D eigenvalue weighted by Gasteiger charge is -2.05. The average molecular weight is 248 g/mol. The van der Waals surface area contributed by atoms with Gasteiger partial charge in [0.1, 0.15) is 11.5 Å². The van der Waals surface area contributed by atoms with E-state index in [1.54, 1.807) is 32.4 Å². The molecule has 5 nitrogen and oxygen atoms in total. The normalized spacial score (nSPS) is 9.06. The van der Waals surface area contributed by atoms with Gasteiger partial charge in [0.25, 0.3) is 0 Å². The Labute approximate surface area is 106 Å². The molecule has 0 fully saturated rings. The van der Waals surface area contributed by atoms with Crippen molar-refractivity contribution >= 4 is 5.91 Å². The topological polar surface area (TPSA) is 73.6 Å². The number of hydrogen-bond acceptors (Lipinski definition) is 4. The molecule has 0 bridgehead atoms. The fourth-order valence-electron chi connectivity index (χ4n) is 1.27. The molecule has 18 heavy (non-hydrogen) atoms. The van der Waals surface area contributed by atoms with Crippen LogP contribution in [0.15, 0.2) is 18.2 Å². The summed E-state index contributed by atoms with van der Waals surface area (Å²) in [7, 11) is 3.16. The molecule has 96 valence electrons. The highest BCUT2D eigenvalue weighted by atomic mass is 16.5. The van der Waals surface area contributed by atoms with Crippen LogP contribution in [0.1, 0.15) is 5.56 Å². The zero-order chi connectivity index (χ0) is 13.4. The monoisotopic (exact) mass is 248 g/mol. The van der Waals surface area contributed by atoms with Gasteiger partial charge in [0.2, 0.25) is 5.91 Å². The smallest absolute Gasteiger partial charge is 0.234 e. The molecule has 1 amide bonds. The first-order valence-electron chi connectivity index (χ1n) is 5.39. The van der Waals surface area contributed by atoms with Gasteiger partial charge in [-0.05, 0) is 18.2 Å². The lowest BCUT2D eigenvalue weighted by Crippen LogP contribution is -2.30. The van der Waals surface area contributed by atoms with Gasteiger partial charge in [-0.3, -0.25) is 4.79 Å². The molecule has 0 saturated heterocycles. The number of nitrogens with one attached hydrogen (secondary N) is 1. The van der Waals surface area contributed by atoms with Gasteiger partial charge in [-0.25, -0.2) is 0 Å². The number of nitrogens with two attached hydrogens (primary N) is 1. The van der Waals surface area contributed by atoms with E-state index in [4.69, 9.17) is 15.2 Å². The van der Waals surface area contributed by atoms with E-state index >= 15 is 0 Å². The Morgan fingerprint density at radius 3 is 2.78 bits per heavy atom. The maximum absolute atomic E-state index is 10.9. The highest BCUT2D eigenvalue weighted by Crippen LogP contribution is 2.22. The molecule has 1 aromatic rings. The Morgan fingerprint density at radius 2 is 2.17 bits per heavy atom. The van der Waals surface area contributed by atoms with Gasteiger partial charge in [-0.15, -0.1) is 0 Å². The predicted molar refractivity (Wildman–Crippen MR) is 68.5 cm³/mol. The standard InChI is InChI=1S/C13H16N2O3/c1-17-11-5-6-12(18-2)10(8-11)4-3-7-15-13(16)9-14/h5-6,8H,7,9,14H2,1-2H3,(H,15,16). The summed E-state index contributed by atoms with van der Waals surface area (Å²) in [4.78, 5) is 10.9. The molecule has 0 radical (unpaired) electrons. The van der Waals surface area contributed by atoms with Gasteiger partial charge in [0.05, 0.1) is 32.9 Å². The van der Waals surface area contributed by atoms with E-state index in [-0.39, 0.29) is 19.0 Å². The Balaban J connectivity index is 2.76. The van der Waals surface area contributed by atoms with E-state index in [0.29, 0.717) is 17.1 Å². The van der Waals surface area contributed by atoms with Crippen LogP contribution in [0, 0.1) is 11.8 Å². The van der Waals surface area contributed by atoms with Crippen LogP contribution in [-0.4, -0.2) is 33.2 Å². The van der Waals surface area contributed by atoms with Crippen LogP contribution in [0.4, 0.5) is 0 Å². The van der Waals surface area contributed by atoms with Crippen molar-refractivity contribution in [2.45, 2.75) is 0 Å². The van der Waals surface area contributed by atoms with Crippen LogP contribution in [0.5, 0.6) is 11.5 Å². The molecule has 1 rings (SSSR count). The molecular weight excluding hydrogens is 232 g/mol. The van der Waals surface area contributed by atoms with E-state index in [1.807, 2.05) is 0 Å². The third kappa shape index (κ3) is 4.00. The molecule has 0 aliphatic carbocycles. The molecule has 3 N–H and O–H groups in total. The second-order valence-corrected chi connectivity index (χ2v) is 3.35. The molecular formula is C13H16N2O3. The zero-order valence-corrected chi connectivity index (χ0v) is 10.4. The summed E-state index contributed by atoms with van der Waals surface area (Å²) in [6.45, 7) is 0.209. The van der Waals surface area contributed by atoms with E-state index in [0.717, 1.165) is 0 Å². The Hall–Kier alpha value is -2.19. The van der Waals surface area contributed by atoms with Crippen molar-refractivity contribution in [3.63, 3.8) is 0 Å². The maximum atomic E-state index is 10.9. The van der Waals surface area contributed by atoms with Gasteiger partial charge in [0.15, 0.2) is 0 Å². The maximum Gasteiger partial charge on any atom is 0.234 e. The summed E-state index contributed by atoms with van der Waals surface area (Å²) in [6.07, 6.45) is 0. The third-order valence-corrected chi connectivity index (χ3v) is 2.19. The first-order valence-corrected chi connectivity index (χ1v) is 5.39. The number of ether oxygens (including phenoxy) is 2. The zero-order valence-electron chi connectivity index (χ0n) is 10.4. The summed E-state index contributed by atoms with van der Waals surface area (Å²) in [5.41, 5.74) is 5.86. The average Bonchev–Trinajstić information content (AvgIpc) is 2.42. The quantitative estimate of drug-likeness (QED) is 0.743. The van der Waals surface area contributed by atoms with Crippen LogP contribution in [0.25, 0.3) is 0 Å². The number of carbonyl (C=O) groups excluding carboxylic acids is 1. The molecule has 0 atom stereocenters. The van der Waals surface area contributed by atoms with Crippen LogP contribution in [0.2, 0.25) is 0 Å². The van der Waals surface area contributed by atoms with Crippen molar-refractivity contribution in [2.75, 3.05) is 27.3 Å². The molecule has 0 aromatic heterocycles. The number of amides is 1. The second kappa shape index (κ2) is 7.20. The minimum Gasteiger partial charge on any atom is -0.497 e. The fraction of sp³-hybridized carbons (Fsp3) is 0.308. The molecule has 5 heteroatoms. The summed E-state index contributed by atoms with van der Waals surface area (Å²) in [5.74, 6) is 6.85. The largest absolute Gasteiger partial charge is 0.497 e. The predicted octanol–water partition coefficient (Wildman–Crippen LogP) is 0.130. The number of hydrogen-bond donors (Lipinski definition) is 2. The molecule has 0 spiro atoms. The van der Waals surface area contributed by atoms with Gasteiger partial charge >= 0.3 is 0 Å². The summed E-state index contributed by atoms with van der Waals surface area (Å²) in [6, 6.07) is 5.35. The molecule has 0 aliphatic heterocycles. The highest BCUT2D eigenvalue weighted by molar-refractivity contribution is 5.78. The number of rotatable bonds is 4. The Kier molecular flexibility index (Phi) is 5.55. The lowest BCUT2D eigenvalue weighted by atomic mass is 10.2. The van der Waals surface area contributed by atoms with Crippen LogP contribution < -0.4 is 20.5 Å². The minimum atomic E-state index is -0.234. The molecule has 0 aliphatic rings. The van der Waals surface area contributed by atoms with Crippen molar-refractivity contribution in [3.05, 3.63) is 23.8 Å². The lowest BCUT2D eigenvalue weighted by molar-refractivity contribution is -0.119. The Morgan fingerprint density at radius 1 is 1.39 bits per heavy atom. The SMILES string of the molecule is COc1ccc(OC)c(C#CCNC(=O)CN)c1. The highest BCUT2D eigenvalue weighted by Gasteiger charge is 2.01. The van der Waals surface area contributed by atoms with E-state index in [1.165, 1.54) is 0 Å². The second-order valence-electron chi connectivity index (χ2n) is 3.35. The first kappa shape index (κ1) is 13.9. The van der Waals surface area contributed by atoms with Crippen molar-refractivity contribution in [1.82, 2.24) is 5.32 Å². The van der Waals surface area contributed by atoms with Gasteiger partial charge in [-0.2, -0.15) is 0 Å². The van der Waals surface area contributed by atoms with Gasteiger partial charge < -0.3 is 20.5 Å². The van der Waals surface area contributed by atoms with Gasteiger partial charge in [0, 0.05) is 0 Å². The number of benzene rings is 1. The third-order valence-electron chi connectivity index (χ3n) is 2.19. The van der Waals surface area contributed by atoms with Crippen molar-refractivity contribution in [3.8, 4) is 23.3 Å². The van der Waals surface area contributed by atoms with Crippen molar-refractivity contribution in [1.29, 1.82) is 0 Å². The minimum absolute atomic E-state index is 0.0375. The van der Waals surface area contributed by atoms with E-state index < -0.39 is 0 Å². The number of methoxy groups -OCH3 is 2. The Bertz CT molecular complexity index is 475. The van der Waals surface area contributed by atoms with Crippen LogP contribution >= 0.6 is 0 Å². The van der Waals surface area contributed by atoms with E-state index in [2.05, 4.69) is 17.2 Å². The van der Waals surface area contributed by atoms with E-state index in [9.17, 15) is 4.79 Å². The first-order chi connectivity index (χ1) is 8.71. The van der Waals surface area contributed by atoms with Gasteiger partial charge in [-0.1, -0.05) is 11.8 Å². The molecule has 1 aromatic carbocycles. The summed E-state index contributed by atoms with van der Waals surface area (Å²) >= 11 is 0. The van der Waals surface area contributed by atoms with Crippen LogP contribution in [-0.2, 0) is 4.79 Å². The molecule has 0 saturated carbocycles. The van der Waals surface area contributed by atoms with Crippen LogP contribution in [0.3, 0.4) is 0 Å². The van der Waals surface area contributed by atoms with Crippen molar-refractivity contribution in [2.24, 2.45) is 5.73 Å². The fourth-order valence-corrected chi connectivity index (χ4v) is 1.27. The van der Waals surface area contributed by atoms with Crippen molar-refractivity contribution < 1.29 is 14.3 Å². The molecule has 0 heterocycles. The summed E-state index contributed by atoms with van der Waals surface area (Å²) in [5, 5.41) is 2.56.